The van der Waals surface area contributed by atoms with Gasteiger partial charge in [0.25, 0.3) is 0 Å². The van der Waals surface area contributed by atoms with E-state index in [2.05, 4.69) is 5.32 Å². The number of carbonyl (C=O) groups is 1. The smallest absolute Gasteiger partial charge is 0.323 e. The van der Waals surface area contributed by atoms with Crippen LogP contribution < -0.4 is 11.1 Å². The van der Waals surface area contributed by atoms with Gasteiger partial charge in [0.05, 0.1) is 0 Å². The first-order valence-corrected chi connectivity index (χ1v) is 5.60. The number of nitrogens with two attached hydrogens (primary N) is 1. The van der Waals surface area contributed by atoms with Gasteiger partial charge in [-0.15, -0.1) is 0 Å². The molecule has 1 saturated heterocycles. The maximum Gasteiger partial charge on any atom is 0.323 e. The summed E-state index contributed by atoms with van der Waals surface area (Å²) >= 11 is 0. The lowest BCUT2D eigenvalue weighted by atomic mass is 9.91. The fraction of sp³-hybridized carbons (Fsp3) is 0.909. The highest BCUT2D eigenvalue weighted by molar-refractivity contribution is 5.76. The molecule has 1 fully saturated rings. The van der Waals surface area contributed by atoms with Crippen LogP contribution in [0.1, 0.15) is 33.6 Å². The molecule has 0 aromatic carbocycles. The predicted octanol–water partition coefficient (Wildman–Crippen LogP) is 0.655. The van der Waals surface area contributed by atoms with Gasteiger partial charge in [-0.2, -0.15) is 0 Å². The molecule has 0 saturated carbocycles. The first kappa shape index (κ1) is 12.5. The number of piperidine rings is 1. The van der Waals surface area contributed by atoms with Crippen molar-refractivity contribution in [1.82, 2.24) is 5.32 Å². The fourth-order valence-electron chi connectivity index (χ4n) is 1.85. The third-order valence-electron chi connectivity index (χ3n) is 2.55. The predicted molar refractivity (Wildman–Crippen MR) is 59.4 cm³/mol. The zero-order chi connectivity index (χ0) is 11.5. The van der Waals surface area contributed by atoms with Crippen molar-refractivity contribution in [3.8, 4) is 0 Å². The van der Waals surface area contributed by atoms with E-state index in [9.17, 15) is 4.79 Å². The van der Waals surface area contributed by atoms with Gasteiger partial charge >= 0.3 is 5.97 Å². The first-order valence-electron chi connectivity index (χ1n) is 5.60. The molecule has 0 bridgehead atoms. The molecular weight excluding hydrogens is 192 g/mol. The van der Waals surface area contributed by atoms with Crippen molar-refractivity contribution in [3.05, 3.63) is 0 Å². The molecule has 0 amide bonds. The van der Waals surface area contributed by atoms with Crippen LogP contribution in [-0.4, -0.2) is 30.7 Å². The van der Waals surface area contributed by atoms with E-state index >= 15 is 0 Å². The molecular formula is C11H22N2O2. The zero-order valence-corrected chi connectivity index (χ0v) is 9.88. The largest absolute Gasteiger partial charge is 0.459 e. The molecule has 2 atom stereocenters. The van der Waals surface area contributed by atoms with Gasteiger partial charge in [0.2, 0.25) is 0 Å². The van der Waals surface area contributed by atoms with Crippen LogP contribution in [0.3, 0.4) is 0 Å². The Balaban J connectivity index is 2.56. The third-order valence-corrected chi connectivity index (χ3v) is 2.55. The summed E-state index contributed by atoms with van der Waals surface area (Å²) in [5.41, 5.74) is 5.23. The van der Waals surface area contributed by atoms with Crippen LogP contribution in [0.4, 0.5) is 0 Å². The summed E-state index contributed by atoms with van der Waals surface area (Å²) in [5.74, 6) is 0.0475. The fourth-order valence-corrected chi connectivity index (χ4v) is 1.85. The highest BCUT2D eigenvalue weighted by atomic mass is 16.6. The highest BCUT2D eigenvalue weighted by Gasteiger charge is 2.32. The molecule has 0 spiro atoms. The lowest BCUT2D eigenvalue weighted by Crippen LogP contribution is -2.51. The Morgan fingerprint density at radius 1 is 1.53 bits per heavy atom. The number of esters is 1. The van der Waals surface area contributed by atoms with E-state index in [0.29, 0.717) is 6.54 Å². The SMILES string of the molecule is CC(C)(C)OC(=O)C1NCCCC1CN. The Morgan fingerprint density at radius 3 is 2.73 bits per heavy atom. The second kappa shape index (κ2) is 4.94. The maximum absolute atomic E-state index is 11.8. The lowest BCUT2D eigenvalue weighted by molar-refractivity contribution is -0.159. The number of hydrogen-bond donors (Lipinski definition) is 2. The zero-order valence-electron chi connectivity index (χ0n) is 9.88. The summed E-state index contributed by atoms with van der Waals surface area (Å²) < 4.78 is 5.35. The highest BCUT2D eigenvalue weighted by Crippen LogP contribution is 2.18. The Hall–Kier alpha value is -0.610. The van der Waals surface area contributed by atoms with Crippen LogP contribution in [0.5, 0.6) is 0 Å². The van der Waals surface area contributed by atoms with Gasteiger partial charge in [0.15, 0.2) is 0 Å². The van der Waals surface area contributed by atoms with E-state index in [4.69, 9.17) is 10.5 Å². The van der Waals surface area contributed by atoms with Gasteiger partial charge in [-0.05, 0) is 52.6 Å². The van der Waals surface area contributed by atoms with Gasteiger partial charge in [-0.3, -0.25) is 4.79 Å². The van der Waals surface area contributed by atoms with Gasteiger partial charge in [0, 0.05) is 0 Å². The van der Waals surface area contributed by atoms with E-state index < -0.39 is 5.60 Å². The van der Waals surface area contributed by atoms with Crippen molar-refractivity contribution < 1.29 is 9.53 Å². The third kappa shape index (κ3) is 3.80. The molecule has 88 valence electrons. The Bertz CT molecular complexity index is 223. The van der Waals surface area contributed by atoms with Crippen LogP contribution in [0.25, 0.3) is 0 Å². The van der Waals surface area contributed by atoms with Gasteiger partial charge in [-0.25, -0.2) is 0 Å². The Kier molecular flexibility index (Phi) is 4.11. The molecule has 4 nitrogen and oxygen atoms in total. The standard InChI is InChI=1S/C11H22N2O2/c1-11(2,3)15-10(14)9-8(7-12)5-4-6-13-9/h8-9,13H,4-7,12H2,1-3H3. The Morgan fingerprint density at radius 2 is 2.20 bits per heavy atom. The lowest BCUT2D eigenvalue weighted by Gasteiger charge is -2.32. The maximum atomic E-state index is 11.8. The summed E-state index contributed by atoms with van der Waals surface area (Å²) in [6.45, 7) is 7.05. The second-order valence-electron chi connectivity index (χ2n) is 5.10. The van der Waals surface area contributed by atoms with E-state index in [1.54, 1.807) is 0 Å². The summed E-state index contributed by atoms with van der Waals surface area (Å²) in [6, 6.07) is -0.219. The number of ether oxygens (including phenoxy) is 1. The number of hydrogen-bond acceptors (Lipinski definition) is 4. The molecule has 1 rings (SSSR count). The van der Waals surface area contributed by atoms with Crippen LogP contribution in [0, 0.1) is 5.92 Å². The van der Waals surface area contributed by atoms with Crippen LogP contribution in [0.15, 0.2) is 0 Å². The quantitative estimate of drug-likeness (QED) is 0.663. The first-order chi connectivity index (χ1) is 6.94. The second-order valence-corrected chi connectivity index (χ2v) is 5.10. The minimum absolute atomic E-state index is 0.169. The van der Waals surface area contributed by atoms with Gasteiger partial charge < -0.3 is 15.8 Å². The van der Waals surface area contributed by atoms with Crippen LogP contribution in [-0.2, 0) is 9.53 Å². The van der Waals surface area contributed by atoms with Crippen molar-refractivity contribution in [2.24, 2.45) is 11.7 Å². The van der Waals surface area contributed by atoms with E-state index in [1.165, 1.54) is 0 Å². The molecule has 2 unspecified atom stereocenters. The molecule has 1 aliphatic rings. The molecule has 1 heterocycles. The number of nitrogens with one attached hydrogen (secondary N) is 1. The monoisotopic (exact) mass is 214 g/mol. The minimum Gasteiger partial charge on any atom is -0.459 e. The molecule has 3 N–H and O–H groups in total. The van der Waals surface area contributed by atoms with Crippen LogP contribution in [0.2, 0.25) is 0 Å². The molecule has 15 heavy (non-hydrogen) atoms. The van der Waals surface area contributed by atoms with Crippen molar-refractivity contribution in [1.29, 1.82) is 0 Å². The molecule has 0 radical (unpaired) electrons. The Labute approximate surface area is 91.5 Å². The molecule has 0 aromatic rings. The van der Waals surface area contributed by atoms with E-state index in [-0.39, 0.29) is 17.9 Å². The summed E-state index contributed by atoms with van der Waals surface area (Å²) in [4.78, 5) is 11.8. The normalized spacial score (nSPS) is 27.5. The summed E-state index contributed by atoms with van der Waals surface area (Å²) in [6.07, 6.45) is 2.09. The molecule has 0 aliphatic carbocycles. The van der Waals surface area contributed by atoms with E-state index in [1.807, 2.05) is 20.8 Å². The van der Waals surface area contributed by atoms with Gasteiger partial charge in [-0.1, -0.05) is 0 Å². The average molecular weight is 214 g/mol. The van der Waals surface area contributed by atoms with Crippen molar-refractivity contribution >= 4 is 5.97 Å². The molecule has 4 heteroatoms. The van der Waals surface area contributed by atoms with Gasteiger partial charge in [0.1, 0.15) is 11.6 Å². The van der Waals surface area contributed by atoms with Crippen molar-refractivity contribution in [2.45, 2.75) is 45.3 Å². The molecule has 1 aliphatic heterocycles. The molecule has 0 aromatic heterocycles. The van der Waals surface area contributed by atoms with Crippen molar-refractivity contribution in [2.75, 3.05) is 13.1 Å². The topological polar surface area (TPSA) is 64.3 Å². The van der Waals surface area contributed by atoms with Crippen LogP contribution >= 0.6 is 0 Å². The van der Waals surface area contributed by atoms with E-state index in [0.717, 1.165) is 19.4 Å². The summed E-state index contributed by atoms with van der Waals surface area (Å²) in [7, 11) is 0. The average Bonchev–Trinajstić information content (AvgIpc) is 2.15. The van der Waals surface area contributed by atoms with Crippen molar-refractivity contribution in [3.63, 3.8) is 0 Å². The number of rotatable bonds is 2. The number of carbonyl (C=O) groups excluding carboxylic acids is 1. The minimum atomic E-state index is -0.421. The summed E-state index contributed by atoms with van der Waals surface area (Å²) in [5, 5.41) is 3.19.